The largest absolute Gasteiger partial charge is 0.397 e. The lowest BCUT2D eigenvalue weighted by atomic mass is 10.3. The number of rotatable bonds is 2. The number of hydrogen-bond donors (Lipinski definition) is 1. The number of carbonyl (C=O) groups is 1. The van der Waals surface area contributed by atoms with E-state index in [1.54, 1.807) is 4.90 Å². The van der Waals surface area contributed by atoms with Gasteiger partial charge in [-0.2, -0.15) is 4.31 Å². The molecule has 0 radical (unpaired) electrons. The van der Waals surface area contributed by atoms with Gasteiger partial charge in [-0.25, -0.2) is 8.42 Å². The molecule has 0 aromatic heterocycles. The third-order valence-electron chi connectivity index (χ3n) is 3.51. The highest BCUT2D eigenvalue weighted by molar-refractivity contribution is 7.89. The van der Waals surface area contributed by atoms with Crippen LogP contribution in [0.3, 0.4) is 0 Å². The number of amides is 1. The van der Waals surface area contributed by atoms with Crippen LogP contribution in [-0.4, -0.2) is 49.7 Å². The molecule has 0 saturated carbocycles. The van der Waals surface area contributed by atoms with Crippen LogP contribution in [0, 0.1) is 0 Å². The molecule has 1 aromatic carbocycles. The summed E-state index contributed by atoms with van der Waals surface area (Å²) >= 11 is 5.82. The predicted molar refractivity (Wildman–Crippen MR) is 81.5 cm³/mol. The van der Waals surface area contributed by atoms with Crippen LogP contribution in [0.5, 0.6) is 0 Å². The zero-order valence-electron chi connectivity index (χ0n) is 11.8. The smallest absolute Gasteiger partial charge is 0.243 e. The molecule has 0 aliphatic carbocycles. The van der Waals surface area contributed by atoms with Crippen LogP contribution >= 0.6 is 11.6 Å². The number of carbonyl (C=O) groups excluding carboxylic acids is 1. The third kappa shape index (κ3) is 3.48. The Bertz CT molecular complexity index is 648. The normalized spacial score (nSPS) is 17.5. The van der Waals surface area contributed by atoms with Crippen LogP contribution in [0.2, 0.25) is 5.02 Å². The van der Waals surface area contributed by atoms with Gasteiger partial charge in [-0.05, 0) is 24.6 Å². The van der Waals surface area contributed by atoms with Crippen molar-refractivity contribution in [2.75, 3.05) is 31.9 Å². The summed E-state index contributed by atoms with van der Waals surface area (Å²) in [5.41, 5.74) is 5.91. The second-order valence-electron chi connectivity index (χ2n) is 4.95. The van der Waals surface area contributed by atoms with Crippen LogP contribution in [0.15, 0.2) is 23.1 Å². The summed E-state index contributed by atoms with van der Waals surface area (Å²) in [6.07, 6.45) is 0.613. The second kappa shape index (κ2) is 6.21. The summed E-state index contributed by atoms with van der Waals surface area (Å²) in [5, 5.41) is 0.326. The molecule has 0 bridgehead atoms. The van der Waals surface area contributed by atoms with Crippen LogP contribution in [-0.2, 0) is 14.8 Å². The van der Waals surface area contributed by atoms with E-state index in [0.717, 1.165) is 0 Å². The van der Waals surface area contributed by atoms with E-state index in [1.165, 1.54) is 29.4 Å². The highest BCUT2D eigenvalue weighted by Crippen LogP contribution is 2.25. The van der Waals surface area contributed by atoms with Gasteiger partial charge < -0.3 is 10.6 Å². The van der Waals surface area contributed by atoms with Gasteiger partial charge >= 0.3 is 0 Å². The van der Waals surface area contributed by atoms with Crippen molar-refractivity contribution in [1.29, 1.82) is 0 Å². The van der Waals surface area contributed by atoms with E-state index in [1.807, 2.05) is 0 Å². The molecule has 1 fully saturated rings. The van der Waals surface area contributed by atoms with Crippen molar-refractivity contribution in [3.63, 3.8) is 0 Å². The van der Waals surface area contributed by atoms with E-state index in [0.29, 0.717) is 31.1 Å². The maximum absolute atomic E-state index is 12.6. The molecule has 21 heavy (non-hydrogen) atoms. The van der Waals surface area contributed by atoms with Gasteiger partial charge in [0.1, 0.15) is 0 Å². The SMILES string of the molecule is CC(=O)N1CCCN(S(=O)(=O)c2ccc(Cl)c(N)c2)CC1. The fourth-order valence-corrected chi connectivity index (χ4v) is 3.90. The van der Waals surface area contributed by atoms with E-state index in [9.17, 15) is 13.2 Å². The maximum Gasteiger partial charge on any atom is 0.243 e. The minimum atomic E-state index is -3.62. The van der Waals surface area contributed by atoms with Gasteiger partial charge in [0.05, 0.1) is 15.6 Å². The van der Waals surface area contributed by atoms with Gasteiger partial charge in [0.2, 0.25) is 15.9 Å². The molecule has 1 saturated heterocycles. The van der Waals surface area contributed by atoms with Crippen molar-refractivity contribution in [3.05, 3.63) is 23.2 Å². The Kier molecular flexibility index (Phi) is 4.75. The number of nitrogens with zero attached hydrogens (tertiary/aromatic N) is 2. The Morgan fingerprint density at radius 2 is 1.95 bits per heavy atom. The summed E-state index contributed by atoms with van der Waals surface area (Å²) < 4.78 is 26.6. The molecule has 0 spiro atoms. The Balaban J connectivity index is 2.23. The van der Waals surface area contributed by atoms with Gasteiger partial charge in [0, 0.05) is 33.1 Å². The van der Waals surface area contributed by atoms with Crippen molar-refractivity contribution < 1.29 is 13.2 Å². The summed E-state index contributed by atoms with van der Waals surface area (Å²) in [7, 11) is -3.62. The van der Waals surface area contributed by atoms with Crippen LogP contribution < -0.4 is 5.73 Å². The lowest BCUT2D eigenvalue weighted by Crippen LogP contribution is -2.36. The molecule has 1 heterocycles. The predicted octanol–water partition coefficient (Wildman–Crippen LogP) is 1.17. The van der Waals surface area contributed by atoms with Gasteiger partial charge in [-0.15, -0.1) is 0 Å². The number of benzene rings is 1. The average Bonchev–Trinajstić information content (AvgIpc) is 2.68. The van der Waals surface area contributed by atoms with Gasteiger partial charge in [-0.1, -0.05) is 11.6 Å². The molecule has 1 aliphatic rings. The van der Waals surface area contributed by atoms with E-state index < -0.39 is 10.0 Å². The summed E-state index contributed by atoms with van der Waals surface area (Å²) in [4.78, 5) is 13.2. The maximum atomic E-state index is 12.6. The fraction of sp³-hybridized carbons (Fsp3) is 0.462. The molecule has 116 valence electrons. The Hall–Kier alpha value is -1.31. The van der Waals surface area contributed by atoms with Crippen molar-refractivity contribution in [1.82, 2.24) is 9.21 Å². The Morgan fingerprint density at radius 3 is 2.57 bits per heavy atom. The highest BCUT2D eigenvalue weighted by atomic mass is 35.5. The molecule has 2 rings (SSSR count). The molecule has 8 heteroatoms. The molecule has 1 aliphatic heterocycles. The lowest BCUT2D eigenvalue weighted by Gasteiger charge is -2.21. The molecular formula is C13H18ClN3O3S. The molecule has 0 unspecified atom stereocenters. The van der Waals surface area contributed by atoms with Gasteiger partial charge in [0.15, 0.2) is 0 Å². The molecule has 6 nitrogen and oxygen atoms in total. The number of hydrogen-bond acceptors (Lipinski definition) is 4. The monoisotopic (exact) mass is 331 g/mol. The standard InChI is InChI=1S/C13H18ClN3O3S/c1-10(18)16-5-2-6-17(8-7-16)21(19,20)11-3-4-12(14)13(15)9-11/h3-4,9H,2,5-8,15H2,1H3. The summed E-state index contributed by atoms with van der Waals surface area (Å²) in [6, 6.07) is 4.29. The average molecular weight is 332 g/mol. The minimum absolute atomic E-state index is 0.0371. The van der Waals surface area contributed by atoms with Crippen LogP contribution in [0.4, 0.5) is 5.69 Å². The van der Waals surface area contributed by atoms with E-state index in [4.69, 9.17) is 17.3 Å². The molecular weight excluding hydrogens is 314 g/mol. The van der Waals surface area contributed by atoms with Crippen molar-refractivity contribution >= 4 is 33.2 Å². The van der Waals surface area contributed by atoms with E-state index in [-0.39, 0.29) is 23.0 Å². The summed E-state index contributed by atoms with van der Waals surface area (Å²) in [5.74, 6) is -0.0371. The third-order valence-corrected chi connectivity index (χ3v) is 5.74. The summed E-state index contributed by atoms with van der Waals surface area (Å²) in [6.45, 7) is 3.13. The highest BCUT2D eigenvalue weighted by Gasteiger charge is 2.27. The molecule has 2 N–H and O–H groups in total. The number of sulfonamides is 1. The van der Waals surface area contributed by atoms with Crippen LogP contribution in [0.1, 0.15) is 13.3 Å². The van der Waals surface area contributed by atoms with E-state index >= 15 is 0 Å². The fourth-order valence-electron chi connectivity index (χ4n) is 2.28. The molecule has 1 amide bonds. The molecule has 0 atom stereocenters. The van der Waals surface area contributed by atoms with E-state index in [2.05, 4.69) is 0 Å². The number of anilines is 1. The van der Waals surface area contributed by atoms with Gasteiger partial charge in [-0.3, -0.25) is 4.79 Å². The van der Waals surface area contributed by atoms with Crippen molar-refractivity contribution in [2.24, 2.45) is 0 Å². The number of halogens is 1. The first-order valence-electron chi connectivity index (χ1n) is 6.63. The first-order valence-corrected chi connectivity index (χ1v) is 8.45. The Labute approximate surface area is 129 Å². The first kappa shape index (κ1) is 16.1. The molecule has 1 aromatic rings. The second-order valence-corrected chi connectivity index (χ2v) is 7.29. The van der Waals surface area contributed by atoms with Crippen molar-refractivity contribution in [3.8, 4) is 0 Å². The quantitative estimate of drug-likeness (QED) is 0.824. The minimum Gasteiger partial charge on any atom is -0.397 e. The lowest BCUT2D eigenvalue weighted by molar-refractivity contribution is -0.128. The Morgan fingerprint density at radius 1 is 1.24 bits per heavy atom. The first-order chi connectivity index (χ1) is 9.82. The number of nitrogens with two attached hydrogens (primary N) is 1. The zero-order valence-corrected chi connectivity index (χ0v) is 13.3. The van der Waals surface area contributed by atoms with Crippen molar-refractivity contribution in [2.45, 2.75) is 18.2 Å². The number of nitrogen functional groups attached to an aromatic ring is 1. The van der Waals surface area contributed by atoms with Crippen LogP contribution in [0.25, 0.3) is 0 Å². The van der Waals surface area contributed by atoms with Gasteiger partial charge in [0.25, 0.3) is 0 Å². The topological polar surface area (TPSA) is 83.7 Å². The zero-order chi connectivity index (χ0) is 15.6.